The average Bonchev–Trinajstić information content (AvgIpc) is 2.36. The number of aryl methyl sites for hydroxylation is 2. The van der Waals surface area contributed by atoms with E-state index in [0.29, 0.717) is 29.9 Å². The first kappa shape index (κ1) is 17.4. The number of hydrogen-bond donors (Lipinski definition) is 3. The van der Waals surface area contributed by atoms with Gasteiger partial charge in [-0.1, -0.05) is 13.8 Å². The number of aromatic amines is 1. The van der Waals surface area contributed by atoms with E-state index >= 15 is 0 Å². The summed E-state index contributed by atoms with van der Waals surface area (Å²) in [6.07, 6.45) is 1.14. The third kappa shape index (κ3) is 5.30. The second-order valence-electron chi connectivity index (χ2n) is 5.65. The number of hydrogen-bond acceptors (Lipinski definition) is 4. The van der Waals surface area contributed by atoms with Gasteiger partial charge >= 0.3 is 0 Å². The number of carbonyl (C=O) groups excluding carboxylic acids is 1. The topological polar surface area (TPSA) is 95.1 Å². The molecule has 1 heterocycles. The zero-order valence-electron chi connectivity index (χ0n) is 13.2. The van der Waals surface area contributed by atoms with Crippen LogP contribution in [-0.2, 0) is 11.2 Å². The highest BCUT2D eigenvalue weighted by molar-refractivity contribution is 5.76. The maximum absolute atomic E-state index is 12.0. The fraction of sp³-hybridized carbons (Fsp3) is 0.667. The predicted octanol–water partition coefficient (Wildman–Crippen LogP) is 0.843. The predicted molar refractivity (Wildman–Crippen MR) is 81.1 cm³/mol. The van der Waals surface area contributed by atoms with Crippen molar-refractivity contribution in [3.63, 3.8) is 0 Å². The van der Waals surface area contributed by atoms with E-state index in [1.807, 2.05) is 13.8 Å². The van der Waals surface area contributed by atoms with Gasteiger partial charge < -0.3 is 15.4 Å². The highest BCUT2D eigenvalue weighted by Gasteiger charge is 2.16. The van der Waals surface area contributed by atoms with Crippen LogP contribution < -0.4 is 10.9 Å². The molecule has 0 aliphatic rings. The summed E-state index contributed by atoms with van der Waals surface area (Å²) in [6.45, 7) is 7.55. The van der Waals surface area contributed by atoms with Crippen molar-refractivity contribution in [2.45, 2.75) is 53.0 Å². The van der Waals surface area contributed by atoms with Crippen molar-refractivity contribution in [2.24, 2.45) is 5.92 Å². The van der Waals surface area contributed by atoms with Crippen molar-refractivity contribution >= 4 is 5.91 Å². The molecule has 0 aromatic carbocycles. The second-order valence-corrected chi connectivity index (χ2v) is 5.65. The number of aliphatic hydroxyl groups excluding tert-OH is 1. The zero-order chi connectivity index (χ0) is 16.0. The molecule has 1 atom stereocenters. The van der Waals surface area contributed by atoms with E-state index in [4.69, 9.17) is 5.11 Å². The van der Waals surface area contributed by atoms with Crippen LogP contribution in [0.1, 0.15) is 43.8 Å². The Kier molecular flexibility index (Phi) is 6.55. The molecule has 0 fully saturated rings. The minimum Gasteiger partial charge on any atom is -0.396 e. The molecule has 0 aliphatic heterocycles. The molecule has 21 heavy (non-hydrogen) atoms. The van der Waals surface area contributed by atoms with E-state index in [-0.39, 0.29) is 36.5 Å². The summed E-state index contributed by atoms with van der Waals surface area (Å²) in [5, 5.41) is 11.9. The summed E-state index contributed by atoms with van der Waals surface area (Å²) in [7, 11) is 0. The molecule has 0 aliphatic carbocycles. The fourth-order valence-electron chi connectivity index (χ4n) is 2.27. The lowest BCUT2D eigenvalue weighted by Gasteiger charge is -2.21. The van der Waals surface area contributed by atoms with Crippen LogP contribution in [-0.4, -0.2) is 33.6 Å². The minimum atomic E-state index is -0.177. The molecular formula is C15H25N3O3. The Morgan fingerprint density at radius 1 is 1.38 bits per heavy atom. The quantitative estimate of drug-likeness (QED) is 0.694. The van der Waals surface area contributed by atoms with Crippen LogP contribution in [0.25, 0.3) is 0 Å². The molecule has 6 nitrogen and oxygen atoms in total. The highest BCUT2D eigenvalue weighted by atomic mass is 16.3. The van der Waals surface area contributed by atoms with Gasteiger partial charge in [0.15, 0.2) is 0 Å². The van der Waals surface area contributed by atoms with Gasteiger partial charge in [0.05, 0.1) is 0 Å². The Bertz CT molecular complexity index is 537. The van der Waals surface area contributed by atoms with E-state index in [0.717, 1.165) is 0 Å². The molecule has 1 amide bonds. The maximum atomic E-state index is 12.0. The molecule has 1 unspecified atom stereocenters. The number of rotatable bonds is 7. The van der Waals surface area contributed by atoms with Gasteiger partial charge in [0.25, 0.3) is 5.56 Å². The zero-order valence-corrected chi connectivity index (χ0v) is 13.2. The Balaban J connectivity index is 2.63. The van der Waals surface area contributed by atoms with Crippen molar-refractivity contribution < 1.29 is 9.90 Å². The lowest BCUT2D eigenvalue weighted by molar-refractivity contribution is -0.122. The minimum absolute atomic E-state index is 0.0435. The van der Waals surface area contributed by atoms with Crippen LogP contribution in [0.5, 0.6) is 0 Å². The maximum Gasteiger partial charge on any atom is 0.254 e. The monoisotopic (exact) mass is 295 g/mol. The van der Waals surface area contributed by atoms with Gasteiger partial charge in [0, 0.05) is 30.3 Å². The second kappa shape index (κ2) is 7.93. The van der Waals surface area contributed by atoms with Gasteiger partial charge in [-0.05, 0) is 32.6 Å². The summed E-state index contributed by atoms with van der Waals surface area (Å²) in [5.41, 5.74) is 1.04. The molecular weight excluding hydrogens is 270 g/mol. The lowest BCUT2D eigenvalue weighted by atomic mass is 10.0. The summed E-state index contributed by atoms with van der Waals surface area (Å²) in [5.74, 6) is 0.724. The molecule has 0 spiro atoms. The van der Waals surface area contributed by atoms with Crippen LogP contribution in [0.2, 0.25) is 0 Å². The molecule has 1 aromatic heterocycles. The van der Waals surface area contributed by atoms with Crippen LogP contribution in [0.4, 0.5) is 0 Å². The molecule has 3 N–H and O–H groups in total. The van der Waals surface area contributed by atoms with Crippen molar-refractivity contribution in [2.75, 3.05) is 6.61 Å². The Morgan fingerprint density at radius 2 is 2.05 bits per heavy atom. The molecule has 6 heteroatoms. The Morgan fingerprint density at radius 3 is 2.57 bits per heavy atom. The van der Waals surface area contributed by atoms with Crippen molar-refractivity contribution in [3.05, 3.63) is 27.4 Å². The third-order valence-electron chi connectivity index (χ3n) is 3.53. The van der Waals surface area contributed by atoms with E-state index < -0.39 is 0 Å². The van der Waals surface area contributed by atoms with E-state index in [2.05, 4.69) is 15.3 Å². The summed E-state index contributed by atoms with van der Waals surface area (Å²) in [6, 6.07) is -0.0435. The molecule has 0 bridgehead atoms. The molecule has 118 valence electrons. The number of nitrogens with zero attached hydrogens (tertiary/aromatic N) is 1. The Labute approximate surface area is 125 Å². The van der Waals surface area contributed by atoms with Crippen LogP contribution in [0, 0.1) is 19.8 Å². The van der Waals surface area contributed by atoms with Gasteiger partial charge in [-0.25, -0.2) is 4.98 Å². The SMILES string of the molecule is Cc1nc(C)c(CCC(=O)NC(CCO)C(C)C)c(=O)[nH]1. The average molecular weight is 295 g/mol. The number of aromatic nitrogens is 2. The van der Waals surface area contributed by atoms with E-state index in [1.54, 1.807) is 13.8 Å². The molecule has 0 saturated carbocycles. The van der Waals surface area contributed by atoms with Gasteiger partial charge in [-0.2, -0.15) is 0 Å². The fourth-order valence-corrected chi connectivity index (χ4v) is 2.27. The summed E-state index contributed by atoms with van der Waals surface area (Å²) in [4.78, 5) is 30.7. The van der Waals surface area contributed by atoms with Crippen LogP contribution in [0.15, 0.2) is 4.79 Å². The first-order valence-corrected chi connectivity index (χ1v) is 7.31. The molecule has 0 radical (unpaired) electrons. The van der Waals surface area contributed by atoms with Crippen LogP contribution >= 0.6 is 0 Å². The van der Waals surface area contributed by atoms with Gasteiger partial charge in [0.1, 0.15) is 5.82 Å². The highest BCUT2D eigenvalue weighted by Crippen LogP contribution is 2.07. The van der Waals surface area contributed by atoms with E-state index in [9.17, 15) is 9.59 Å². The van der Waals surface area contributed by atoms with E-state index in [1.165, 1.54) is 0 Å². The number of nitrogens with one attached hydrogen (secondary N) is 2. The van der Waals surface area contributed by atoms with Gasteiger partial charge in [0.2, 0.25) is 5.91 Å². The number of H-pyrrole nitrogens is 1. The summed E-state index contributed by atoms with van der Waals surface area (Å²) < 4.78 is 0. The summed E-state index contributed by atoms with van der Waals surface area (Å²) >= 11 is 0. The van der Waals surface area contributed by atoms with Crippen molar-refractivity contribution in [3.8, 4) is 0 Å². The first-order chi connectivity index (χ1) is 9.85. The number of aliphatic hydroxyl groups is 1. The van der Waals surface area contributed by atoms with Gasteiger partial charge in [-0.15, -0.1) is 0 Å². The Hall–Kier alpha value is -1.69. The molecule has 0 saturated heterocycles. The number of carbonyl (C=O) groups is 1. The normalized spacial score (nSPS) is 12.5. The lowest BCUT2D eigenvalue weighted by Crippen LogP contribution is -2.39. The third-order valence-corrected chi connectivity index (χ3v) is 3.53. The molecule has 1 aromatic rings. The standard InChI is InChI=1S/C15H25N3O3/c1-9(2)13(7-8-19)18-14(20)6-5-12-10(3)16-11(4)17-15(12)21/h9,13,19H,5-8H2,1-4H3,(H,18,20)(H,16,17,21). The van der Waals surface area contributed by atoms with Gasteiger partial charge in [-0.3, -0.25) is 9.59 Å². The van der Waals surface area contributed by atoms with Crippen molar-refractivity contribution in [1.82, 2.24) is 15.3 Å². The van der Waals surface area contributed by atoms with Crippen molar-refractivity contribution in [1.29, 1.82) is 0 Å². The first-order valence-electron chi connectivity index (χ1n) is 7.31. The van der Waals surface area contributed by atoms with Crippen LogP contribution in [0.3, 0.4) is 0 Å². The largest absolute Gasteiger partial charge is 0.396 e. The molecule has 1 rings (SSSR count). The number of amides is 1. The smallest absolute Gasteiger partial charge is 0.254 e.